The van der Waals surface area contributed by atoms with Crippen LogP contribution in [0.5, 0.6) is 0 Å². The molecule has 1 amide bonds. The van der Waals surface area contributed by atoms with Gasteiger partial charge in [0, 0.05) is 19.0 Å². The van der Waals surface area contributed by atoms with Crippen LogP contribution in [0, 0.1) is 5.41 Å². The first-order chi connectivity index (χ1) is 9.30. The van der Waals surface area contributed by atoms with Gasteiger partial charge in [0.1, 0.15) is 5.69 Å². The Labute approximate surface area is 119 Å². The zero-order chi connectivity index (χ0) is 15.2. The Balaban J connectivity index is 2.44. The summed E-state index contributed by atoms with van der Waals surface area (Å²) in [6, 6.07) is 0. The number of aromatic nitrogens is 3. The normalized spacial score (nSPS) is 11.8. The van der Waals surface area contributed by atoms with Crippen LogP contribution in [0.2, 0.25) is 0 Å². The molecule has 0 radical (unpaired) electrons. The third-order valence-corrected chi connectivity index (χ3v) is 2.44. The molecule has 0 fully saturated rings. The number of ketones is 1. The monoisotopic (exact) mass is 278 g/mol. The van der Waals surface area contributed by atoms with E-state index in [9.17, 15) is 9.59 Å². The lowest BCUT2D eigenvalue weighted by atomic mass is 9.97. The van der Waals surface area contributed by atoms with Crippen LogP contribution in [0.25, 0.3) is 0 Å². The van der Waals surface area contributed by atoms with Gasteiger partial charge in [0.15, 0.2) is 5.78 Å². The fraction of sp³-hybridized carbons (Fsp3) is 0.571. The topological polar surface area (TPSA) is 76.9 Å². The van der Waals surface area contributed by atoms with Gasteiger partial charge in [0.25, 0.3) is 0 Å². The molecule has 0 aromatic carbocycles. The molecule has 0 saturated heterocycles. The van der Waals surface area contributed by atoms with Crippen molar-refractivity contribution in [2.24, 2.45) is 5.41 Å². The maximum absolute atomic E-state index is 11.5. The van der Waals surface area contributed by atoms with E-state index in [0.29, 0.717) is 18.7 Å². The van der Waals surface area contributed by atoms with Crippen LogP contribution >= 0.6 is 0 Å². The van der Waals surface area contributed by atoms with Crippen molar-refractivity contribution in [1.29, 1.82) is 0 Å². The van der Waals surface area contributed by atoms with Crippen molar-refractivity contribution < 1.29 is 9.59 Å². The Bertz CT molecular complexity index is 498. The van der Waals surface area contributed by atoms with Gasteiger partial charge in [0.2, 0.25) is 5.91 Å². The Kier molecular flexibility index (Phi) is 5.61. The van der Waals surface area contributed by atoms with Gasteiger partial charge in [-0.15, -0.1) is 5.10 Å². The van der Waals surface area contributed by atoms with Gasteiger partial charge >= 0.3 is 0 Å². The molecule has 0 atom stereocenters. The van der Waals surface area contributed by atoms with E-state index in [0.717, 1.165) is 6.54 Å². The minimum atomic E-state index is -0.308. The maximum atomic E-state index is 11.5. The standard InChI is InChI=1S/C14H22N4O2/c1-5-12(19)6-7-13(20)15-8-11-9-18(17-16-11)10-14(2,3)4/h6-7,9H,5,8,10H2,1-4H3,(H,15,20)/b7-6+. The summed E-state index contributed by atoms with van der Waals surface area (Å²) < 4.78 is 1.76. The molecular weight excluding hydrogens is 256 g/mol. The molecule has 0 unspecified atom stereocenters. The molecule has 1 heterocycles. The molecular formula is C14H22N4O2. The molecule has 0 bridgehead atoms. The molecule has 0 aliphatic rings. The van der Waals surface area contributed by atoms with Crippen molar-refractivity contribution in [3.05, 3.63) is 24.0 Å². The fourth-order valence-corrected chi connectivity index (χ4v) is 1.51. The number of rotatable bonds is 6. The Hall–Kier alpha value is -1.98. The van der Waals surface area contributed by atoms with Gasteiger partial charge in [-0.05, 0) is 11.5 Å². The minimum Gasteiger partial charge on any atom is -0.347 e. The lowest BCUT2D eigenvalue weighted by Crippen LogP contribution is -2.20. The van der Waals surface area contributed by atoms with Gasteiger partial charge in [-0.1, -0.05) is 32.9 Å². The van der Waals surface area contributed by atoms with Gasteiger partial charge in [-0.2, -0.15) is 0 Å². The quantitative estimate of drug-likeness (QED) is 0.799. The van der Waals surface area contributed by atoms with E-state index < -0.39 is 0 Å². The fourth-order valence-electron chi connectivity index (χ4n) is 1.51. The smallest absolute Gasteiger partial charge is 0.244 e. The number of carbonyl (C=O) groups excluding carboxylic acids is 2. The number of hydrogen-bond donors (Lipinski definition) is 1. The van der Waals surface area contributed by atoms with Crippen molar-refractivity contribution in [3.63, 3.8) is 0 Å². The van der Waals surface area contributed by atoms with E-state index in [-0.39, 0.29) is 17.1 Å². The van der Waals surface area contributed by atoms with Crippen LogP contribution in [-0.4, -0.2) is 26.7 Å². The third-order valence-electron chi connectivity index (χ3n) is 2.44. The van der Waals surface area contributed by atoms with Gasteiger partial charge in [-0.3, -0.25) is 14.3 Å². The summed E-state index contributed by atoms with van der Waals surface area (Å²) in [5.41, 5.74) is 0.815. The average Bonchev–Trinajstić information content (AvgIpc) is 2.78. The Morgan fingerprint density at radius 1 is 1.35 bits per heavy atom. The second-order valence-corrected chi connectivity index (χ2v) is 5.84. The van der Waals surface area contributed by atoms with Crippen molar-refractivity contribution >= 4 is 11.7 Å². The van der Waals surface area contributed by atoms with Crippen LogP contribution in [0.4, 0.5) is 0 Å². The predicted molar refractivity (Wildman–Crippen MR) is 75.8 cm³/mol. The number of nitrogens with zero attached hydrogens (tertiary/aromatic N) is 3. The lowest BCUT2D eigenvalue weighted by Gasteiger charge is -2.16. The van der Waals surface area contributed by atoms with Crippen LogP contribution in [0.1, 0.15) is 39.8 Å². The molecule has 0 aliphatic carbocycles. The van der Waals surface area contributed by atoms with Gasteiger partial charge < -0.3 is 5.32 Å². The third kappa shape index (κ3) is 6.26. The van der Waals surface area contributed by atoms with E-state index in [2.05, 4.69) is 36.4 Å². The Morgan fingerprint density at radius 3 is 2.65 bits per heavy atom. The summed E-state index contributed by atoms with van der Waals surface area (Å²) in [6.07, 6.45) is 4.73. The van der Waals surface area contributed by atoms with Crippen LogP contribution in [0.3, 0.4) is 0 Å². The van der Waals surface area contributed by atoms with Crippen LogP contribution in [0.15, 0.2) is 18.3 Å². The number of amides is 1. The molecule has 6 nitrogen and oxygen atoms in total. The summed E-state index contributed by atoms with van der Waals surface area (Å²) >= 11 is 0. The van der Waals surface area contributed by atoms with Crippen LogP contribution < -0.4 is 5.32 Å². The first-order valence-corrected chi connectivity index (χ1v) is 6.68. The van der Waals surface area contributed by atoms with Crippen molar-refractivity contribution in [2.75, 3.05) is 0 Å². The summed E-state index contributed by atoms with van der Waals surface area (Å²) in [7, 11) is 0. The SMILES string of the molecule is CCC(=O)/C=C/C(=O)NCc1cn(CC(C)(C)C)nn1. The Morgan fingerprint density at radius 2 is 2.05 bits per heavy atom. The van der Waals surface area contributed by atoms with E-state index in [1.807, 2.05) is 6.20 Å². The van der Waals surface area contributed by atoms with E-state index >= 15 is 0 Å². The summed E-state index contributed by atoms with van der Waals surface area (Å²) in [5, 5.41) is 10.7. The zero-order valence-electron chi connectivity index (χ0n) is 12.5. The van der Waals surface area contributed by atoms with Gasteiger partial charge in [0.05, 0.1) is 12.7 Å². The molecule has 1 aromatic heterocycles. The summed E-state index contributed by atoms with van der Waals surface area (Å²) in [6.45, 7) is 9.16. The largest absolute Gasteiger partial charge is 0.347 e. The first-order valence-electron chi connectivity index (χ1n) is 6.68. The second-order valence-electron chi connectivity index (χ2n) is 5.84. The molecule has 1 aromatic rings. The molecule has 0 aliphatic heterocycles. The molecule has 20 heavy (non-hydrogen) atoms. The van der Waals surface area contributed by atoms with E-state index in [1.165, 1.54) is 12.2 Å². The molecule has 1 rings (SSSR count). The highest BCUT2D eigenvalue weighted by molar-refractivity contribution is 5.97. The van der Waals surface area contributed by atoms with Crippen molar-refractivity contribution in [3.8, 4) is 0 Å². The highest BCUT2D eigenvalue weighted by Gasteiger charge is 2.12. The summed E-state index contributed by atoms with van der Waals surface area (Å²) in [4.78, 5) is 22.5. The van der Waals surface area contributed by atoms with Crippen LogP contribution in [-0.2, 0) is 22.7 Å². The molecule has 0 saturated carbocycles. The highest BCUT2D eigenvalue weighted by Crippen LogP contribution is 2.15. The van der Waals surface area contributed by atoms with Crippen molar-refractivity contribution in [2.45, 2.75) is 47.2 Å². The predicted octanol–water partition coefficient (Wildman–Crippen LogP) is 1.48. The minimum absolute atomic E-state index is 0.0729. The maximum Gasteiger partial charge on any atom is 0.244 e. The molecule has 0 spiro atoms. The zero-order valence-corrected chi connectivity index (χ0v) is 12.5. The summed E-state index contributed by atoms with van der Waals surface area (Å²) in [5.74, 6) is -0.381. The van der Waals surface area contributed by atoms with Crippen molar-refractivity contribution in [1.82, 2.24) is 20.3 Å². The highest BCUT2D eigenvalue weighted by atomic mass is 16.1. The van der Waals surface area contributed by atoms with Gasteiger partial charge in [-0.25, -0.2) is 0 Å². The van der Waals surface area contributed by atoms with E-state index in [4.69, 9.17) is 0 Å². The molecule has 6 heteroatoms. The molecule has 110 valence electrons. The molecule has 1 N–H and O–H groups in total. The first kappa shape index (κ1) is 16.1. The lowest BCUT2D eigenvalue weighted by molar-refractivity contribution is -0.118. The van der Waals surface area contributed by atoms with E-state index in [1.54, 1.807) is 11.6 Å². The number of carbonyl (C=O) groups is 2. The second kappa shape index (κ2) is 6.98. The number of allylic oxidation sites excluding steroid dienone is 1. The number of nitrogens with one attached hydrogen (secondary N) is 1. The average molecular weight is 278 g/mol. The number of hydrogen-bond acceptors (Lipinski definition) is 4.